The predicted octanol–water partition coefficient (Wildman–Crippen LogP) is 6.38. The molecule has 1 aromatic carbocycles. The molecule has 4 heterocycles. The zero-order chi connectivity index (χ0) is 30.0. The molecular weight excluding hydrogens is 551 g/mol. The highest BCUT2D eigenvalue weighted by atomic mass is 32.1. The Bertz CT molecular complexity index is 1640. The molecule has 0 unspecified atom stereocenters. The molecule has 5 rings (SSSR count). The van der Waals surface area contributed by atoms with Crippen molar-refractivity contribution in [1.82, 2.24) is 14.9 Å². The molecule has 0 radical (unpaired) electrons. The number of H-pyrrole nitrogens is 1. The van der Waals surface area contributed by atoms with Gasteiger partial charge in [-0.3, -0.25) is 9.59 Å². The van der Waals surface area contributed by atoms with E-state index in [9.17, 15) is 9.59 Å². The van der Waals surface area contributed by atoms with Gasteiger partial charge in [-0.1, -0.05) is 26.8 Å². The lowest BCUT2D eigenvalue weighted by Gasteiger charge is -2.33. The number of aromatic amines is 1. The first-order chi connectivity index (χ1) is 20.1. The fourth-order valence-electron chi connectivity index (χ4n) is 5.22. The molecule has 1 saturated heterocycles. The highest BCUT2D eigenvalue weighted by Crippen LogP contribution is 2.34. The number of rotatable bonds is 8. The number of hydrogen-bond acceptors (Lipinski definition) is 7. The maximum absolute atomic E-state index is 15.0. The molecule has 3 N–H and O–H groups in total. The average molecular weight is 589 g/mol. The van der Waals surface area contributed by atoms with Crippen molar-refractivity contribution in [2.45, 2.75) is 40.0 Å². The van der Waals surface area contributed by atoms with Crippen LogP contribution >= 0.6 is 11.3 Å². The minimum atomic E-state index is -0.520. The van der Waals surface area contributed by atoms with Gasteiger partial charge in [0.2, 0.25) is 0 Å². The maximum atomic E-state index is 15.0. The largest absolute Gasteiger partial charge is 0.368 e. The Morgan fingerprint density at radius 3 is 2.55 bits per heavy atom. The van der Waals surface area contributed by atoms with E-state index in [2.05, 4.69) is 58.2 Å². The minimum absolute atomic E-state index is 0.122. The molecule has 0 aliphatic carbocycles. The van der Waals surface area contributed by atoms with Gasteiger partial charge in [-0.15, -0.1) is 11.3 Å². The van der Waals surface area contributed by atoms with Crippen molar-refractivity contribution in [2.24, 2.45) is 0 Å². The second-order valence-corrected chi connectivity index (χ2v) is 12.1. The van der Waals surface area contributed by atoms with Crippen molar-refractivity contribution in [3.8, 4) is 11.1 Å². The van der Waals surface area contributed by atoms with Crippen LogP contribution in [-0.2, 0) is 6.42 Å². The molecule has 0 saturated carbocycles. The first-order valence-electron chi connectivity index (χ1n) is 14.3. The molecule has 1 aliphatic rings. The number of carbonyl (C=O) groups is 1. The van der Waals surface area contributed by atoms with Gasteiger partial charge in [-0.25, -0.2) is 9.37 Å². The van der Waals surface area contributed by atoms with Crippen LogP contribution in [0.2, 0.25) is 0 Å². The number of hydrogen-bond donors (Lipinski definition) is 3. The van der Waals surface area contributed by atoms with E-state index >= 15 is 4.39 Å². The van der Waals surface area contributed by atoms with E-state index in [1.807, 2.05) is 24.4 Å². The monoisotopic (exact) mass is 588 g/mol. The molecule has 10 heteroatoms. The molecular formula is C32H37FN6O2S. The molecule has 0 bridgehead atoms. The highest BCUT2D eigenvalue weighted by Gasteiger charge is 2.20. The van der Waals surface area contributed by atoms with E-state index in [1.54, 1.807) is 25.3 Å². The number of nitrogens with one attached hydrogen (secondary N) is 3. The van der Waals surface area contributed by atoms with Crippen LogP contribution in [0.25, 0.3) is 11.1 Å². The number of anilines is 4. The van der Waals surface area contributed by atoms with Crippen molar-refractivity contribution in [3.05, 3.63) is 85.8 Å². The number of carbonyl (C=O) groups excluding carboxylic acids is 1. The third-order valence-electron chi connectivity index (χ3n) is 7.75. The summed E-state index contributed by atoms with van der Waals surface area (Å²) in [5.41, 5.74) is 4.25. The Morgan fingerprint density at radius 1 is 1.14 bits per heavy atom. The van der Waals surface area contributed by atoms with Gasteiger partial charge < -0.3 is 25.4 Å². The molecule has 4 aromatic rings. The Labute approximate surface area is 249 Å². The van der Waals surface area contributed by atoms with Gasteiger partial charge in [-0.2, -0.15) is 0 Å². The van der Waals surface area contributed by atoms with E-state index < -0.39 is 5.82 Å². The van der Waals surface area contributed by atoms with Gasteiger partial charge in [0.25, 0.3) is 11.5 Å². The Kier molecular flexibility index (Phi) is 8.74. The minimum Gasteiger partial charge on any atom is -0.368 e. The third kappa shape index (κ3) is 6.24. The van der Waals surface area contributed by atoms with Crippen molar-refractivity contribution in [2.75, 3.05) is 48.8 Å². The molecule has 42 heavy (non-hydrogen) atoms. The average Bonchev–Trinajstić information content (AvgIpc) is 3.43. The smallest absolute Gasteiger partial charge is 0.271 e. The van der Waals surface area contributed by atoms with Crippen LogP contribution < -0.4 is 21.1 Å². The first-order valence-corrected chi connectivity index (χ1v) is 15.1. The van der Waals surface area contributed by atoms with Gasteiger partial charge in [0.15, 0.2) is 0 Å². The molecule has 1 aliphatic heterocycles. The van der Waals surface area contributed by atoms with Crippen LogP contribution in [0.5, 0.6) is 0 Å². The summed E-state index contributed by atoms with van der Waals surface area (Å²) >= 11 is 1.45. The number of halogens is 1. The van der Waals surface area contributed by atoms with Gasteiger partial charge in [0, 0.05) is 42.8 Å². The van der Waals surface area contributed by atoms with Crippen LogP contribution in [0.1, 0.15) is 52.4 Å². The van der Waals surface area contributed by atoms with Crippen LogP contribution in [0.4, 0.5) is 27.3 Å². The second-order valence-electron chi connectivity index (χ2n) is 11.0. The number of piperazine rings is 1. The van der Waals surface area contributed by atoms with Gasteiger partial charge in [-0.05, 0) is 73.3 Å². The van der Waals surface area contributed by atoms with Crippen LogP contribution in [0.3, 0.4) is 0 Å². The lowest BCUT2D eigenvalue weighted by Crippen LogP contribution is -2.44. The van der Waals surface area contributed by atoms with E-state index in [-0.39, 0.29) is 17.2 Å². The third-order valence-corrected chi connectivity index (χ3v) is 9.05. The van der Waals surface area contributed by atoms with Crippen molar-refractivity contribution >= 4 is 40.1 Å². The predicted molar refractivity (Wildman–Crippen MR) is 170 cm³/mol. The second kappa shape index (κ2) is 12.5. The van der Waals surface area contributed by atoms with Crippen LogP contribution in [0.15, 0.2) is 53.6 Å². The summed E-state index contributed by atoms with van der Waals surface area (Å²) in [4.78, 5) is 39.5. The number of benzene rings is 1. The Hall–Kier alpha value is -4.02. The fourth-order valence-corrected chi connectivity index (χ4v) is 6.37. The van der Waals surface area contributed by atoms with Crippen molar-refractivity contribution < 1.29 is 9.18 Å². The lowest BCUT2D eigenvalue weighted by molar-refractivity contribution is 0.103. The topological polar surface area (TPSA) is 93.4 Å². The summed E-state index contributed by atoms with van der Waals surface area (Å²) in [6.45, 7) is 11.9. The molecule has 3 aromatic heterocycles. The summed E-state index contributed by atoms with van der Waals surface area (Å²) in [5.74, 6) is -0.0146. The standard InChI is InChI=1S/C32H37FN6O2S/c1-6-27-24(19(2)3)16-28(42-27)32(41)37-30-20(4)23(8-9-25(30)33)21-15-26(31(40)35-17-21)36-29-10-7-22(18-34-29)39-13-11-38(5)12-14-39/h7-10,15-19H,6,11-14H2,1-5H3,(H,34,36)(H,35,40)(H,37,41). The summed E-state index contributed by atoms with van der Waals surface area (Å²) < 4.78 is 15.0. The SMILES string of the molecule is CCc1sc(C(=O)Nc2c(F)ccc(-c3c[nH]c(=O)c(Nc4ccc(N5CCN(C)CC5)cn4)c3)c2C)cc1C(C)C. The summed E-state index contributed by atoms with van der Waals surface area (Å²) in [6, 6.07) is 10.5. The van der Waals surface area contributed by atoms with Crippen molar-refractivity contribution in [3.63, 3.8) is 0 Å². The van der Waals surface area contributed by atoms with Gasteiger partial charge >= 0.3 is 0 Å². The number of amides is 1. The number of thiophene rings is 1. The number of likely N-dealkylation sites (N-methyl/N-ethyl adjacent to an activating group) is 1. The Balaban J connectivity index is 1.37. The number of nitrogens with zero attached hydrogens (tertiary/aromatic N) is 3. The fraction of sp³-hybridized carbons (Fsp3) is 0.344. The Morgan fingerprint density at radius 2 is 1.90 bits per heavy atom. The molecule has 0 spiro atoms. The maximum Gasteiger partial charge on any atom is 0.271 e. The number of aromatic nitrogens is 2. The quantitative estimate of drug-likeness (QED) is 0.221. The van der Waals surface area contributed by atoms with Gasteiger partial charge in [0.1, 0.15) is 17.3 Å². The van der Waals surface area contributed by atoms with Crippen molar-refractivity contribution in [1.29, 1.82) is 0 Å². The zero-order valence-corrected chi connectivity index (χ0v) is 25.5. The molecule has 1 fully saturated rings. The summed E-state index contributed by atoms with van der Waals surface area (Å²) in [5, 5.41) is 5.92. The molecule has 0 atom stereocenters. The zero-order valence-electron chi connectivity index (χ0n) is 24.7. The van der Waals surface area contributed by atoms with Crippen LogP contribution in [0, 0.1) is 12.7 Å². The van der Waals surface area contributed by atoms with E-state index in [1.165, 1.54) is 17.4 Å². The van der Waals surface area contributed by atoms with E-state index in [0.29, 0.717) is 39.0 Å². The summed E-state index contributed by atoms with van der Waals surface area (Å²) in [7, 11) is 2.12. The van der Waals surface area contributed by atoms with E-state index in [4.69, 9.17) is 0 Å². The lowest BCUT2D eigenvalue weighted by atomic mass is 9.99. The highest BCUT2D eigenvalue weighted by molar-refractivity contribution is 7.14. The summed E-state index contributed by atoms with van der Waals surface area (Å²) in [6.07, 6.45) is 4.24. The van der Waals surface area contributed by atoms with E-state index in [0.717, 1.165) is 48.7 Å². The molecule has 220 valence electrons. The number of aryl methyl sites for hydroxylation is 1. The molecule has 1 amide bonds. The van der Waals surface area contributed by atoms with Gasteiger partial charge in [0.05, 0.1) is 22.4 Å². The first kappa shape index (κ1) is 29.5. The van der Waals surface area contributed by atoms with Crippen LogP contribution in [-0.4, -0.2) is 54.0 Å². The number of pyridine rings is 2. The normalized spacial score (nSPS) is 13.9. The molecule has 8 nitrogen and oxygen atoms in total.